The monoisotopic (exact) mass is 420 g/mol. The van der Waals surface area contributed by atoms with E-state index in [0.29, 0.717) is 9.23 Å². The number of para-hydroxylation sites is 1. The van der Waals surface area contributed by atoms with Crippen LogP contribution in [0.15, 0.2) is 65.6 Å². The Labute approximate surface area is 179 Å². The molecule has 0 radical (unpaired) electrons. The summed E-state index contributed by atoms with van der Waals surface area (Å²) in [4.78, 5) is 15.3. The second-order valence-electron chi connectivity index (χ2n) is 6.71. The van der Waals surface area contributed by atoms with Crippen molar-refractivity contribution in [2.24, 2.45) is 0 Å². The summed E-state index contributed by atoms with van der Waals surface area (Å²) in [5.74, 6) is 0.637. The number of hydrogen-bond donors (Lipinski definition) is 0. The van der Waals surface area contributed by atoms with Gasteiger partial charge in [-0.1, -0.05) is 42.2 Å². The van der Waals surface area contributed by atoms with E-state index in [-0.39, 0.29) is 5.91 Å². The molecule has 1 aliphatic rings. The number of hydrogen-bond acceptors (Lipinski definition) is 4. The van der Waals surface area contributed by atoms with E-state index in [2.05, 4.69) is 36.6 Å². The summed E-state index contributed by atoms with van der Waals surface area (Å²) in [7, 11) is 1.61. The zero-order valence-electron chi connectivity index (χ0n) is 16.4. The Balaban J connectivity index is 1.67. The van der Waals surface area contributed by atoms with Crippen LogP contribution in [-0.2, 0) is 4.79 Å². The fourth-order valence-electron chi connectivity index (χ4n) is 3.47. The molecular weight excluding hydrogens is 400 g/mol. The van der Waals surface area contributed by atoms with Gasteiger partial charge < -0.3 is 9.30 Å². The van der Waals surface area contributed by atoms with Gasteiger partial charge in [-0.15, -0.1) is 0 Å². The van der Waals surface area contributed by atoms with E-state index in [4.69, 9.17) is 17.0 Å². The van der Waals surface area contributed by atoms with Crippen molar-refractivity contribution in [3.8, 4) is 11.4 Å². The maximum Gasteiger partial charge on any atom is 0.270 e. The fraction of sp³-hybridized carbons (Fsp3) is 0.130. The summed E-state index contributed by atoms with van der Waals surface area (Å²) in [6.45, 7) is 4.13. The van der Waals surface area contributed by atoms with E-state index in [1.807, 2.05) is 48.5 Å². The number of methoxy groups -OCH3 is 1. The number of nitrogens with zero attached hydrogens (tertiary/aromatic N) is 2. The highest BCUT2D eigenvalue weighted by molar-refractivity contribution is 8.27. The number of benzene rings is 2. The minimum atomic E-state index is -0.102. The molecule has 146 valence electrons. The molecule has 1 saturated heterocycles. The highest BCUT2D eigenvalue weighted by Crippen LogP contribution is 2.37. The van der Waals surface area contributed by atoms with Gasteiger partial charge >= 0.3 is 0 Å². The maximum atomic E-state index is 13.1. The first-order valence-corrected chi connectivity index (χ1v) is 10.4. The first-order valence-electron chi connectivity index (χ1n) is 9.16. The number of thioether (sulfide) groups is 1. The quantitative estimate of drug-likeness (QED) is 0.412. The van der Waals surface area contributed by atoms with Crippen molar-refractivity contribution in [1.29, 1.82) is 0 Å². The van der Waals surface area contributed by atoms with Gasteiger partial charge in [-0.25, -0.2) is 0 Å². The number of aryl methyl sites for hydroxylation is 1. The molecule has 6 heteroatoms. The normalized spacial score (nSPS) is 15.4. The van der Waals surface area contributed by atoms with Gasteiger partial charge in [0.05, 0.1) is 17.7 Å². The molecule has 0 atom stereocenters. The molecule has 0 spiro atoms. The van der Waals surface area contributed by atoms with Crippen LogP contribution in [0.2, 0.25) is 0 Å². The van der Waals surface area contributed by atoms with Gasteiger partial charge in [0.15, 0.2) is 4.32 Å². The minimum Gasteiger partial charge on any atom is -0.497 e. The molecule has 0 bridgehead atoms. The van der Waals surface area contributed by atoms with E-state index in [1.54, 1.807) is 12.0 Å². The lowest BCUT2D eigenvalue weighted by atomic mass is 10.2. The molecular formula is C23H20N2O2S2. The van der Waals surface area contributed by atoms with Crippen molar-refractivity contribution in [1.82, 2.24) is 4.57 Å². The van der Waals surface area contributed by atoms with Gasteiger partial charge in [0, 0.05) is 17.1 Å². The Hall–Kier alpha value is -2.83. The predicted molar refractivity (Wildman–Crippen MR) is 124 cm³/mol. The summed E-state index contributed by atoms with van der Waals surface area (Å²) >= 11 is 6.81. The second kappa shape index (κ2) is 7.89. The molecule has 0 unspecified atom stereocenters. The zero-order valence-corrected chi connectivity index (χ0v) is 18.0. The first kappa shape index (κ1) is 19.5. The number of anilines is 1. The third-order valence-electron chi connectivity index (χ3n) is 4.90. The van der Waals surface area contributed by atoms with Crippen molar-refractivity contribution in [3.05, 3.63) is 82.5 Å². The van der Waals surface area contributed by atoms with Crippen LogP contribution in [0.4, 0.5) is 5.69 Å². The fourth-order valence-corrected chi connectivity index (χ4v) is 4.76. The molecule has 2 aromatic carbocycles. The number of thiocarbonyl (C=S) groups is 1. The molecule has 4 nitrogen and oxygen atoms in total. The van der Waals surface area contributed by atoms with Crippen molar-refractivity contribution in [3.63, 3.8) is 0 Å². The average Bonchev–Trinajstić information content (AvgIpc) is 3.17. The number of carbonyl (C=O) groups is 1. The van der Waals surface area contributed by atoms with Crippen LogP contribution >= 0.6 is 24.0 Å². The Kier molecular flexibility index (Phi) is 5.30. The predicted octanol–water partition coefficient (Wildman–Crippen LogP) is 5.51. The molecule has 1 amide bonds. The number of amides is 1. The highest BCUT2D eigenvalue weighted by atomic mass is 32.2. The van der Waals surface area contributed by atoms with Crippen molar-refractivity contribution in [2.45, 2.75) is 13.8 Å². The van der Waals surface area contributed by atoms with Crippen LogP contribution in [0.1, 0.15) is 17.0 Å². The Morgan fingerprint density at radius 3 is 2.34 bits per heavy atom. The Morgan fingerprint density at radius 2 is 1.69 bits per heavy atom. The Morgan fingerprint density at radius 1 is 1.00 bits per heavy atom. The lowest BCUT2D eigenvalue weighted by molar-refractivity contribution is -0.113. The standard InChI is InChI=1S/C23H20N2O2S2/c1-15-13-17(16(2)24(15)18-7-5-4-6-8-18)14-21-22(26)25(23(28)29-21)19-9-11-20(27-3)12-10-19/h4-14H,1-3H3/b21-14-. The van der Waals surface area contributed by atoms with Crippen LogP contribution in [0.3, 0.4) is 0 Å². The van der Waals surface area contributed by atoms with Gasteiger partial charge in [-0.3, -0.25) is 9.69 Å². The number of carbonyl (C=O) groups excluding carboxylic acids is 1. The van der Waals surface area contributed by atoms with E-state index in [1.165, 1.54) is 11.8 Å². The SMILES string of the molecule is COc1ccc(N2C(=O)/C(=C/c3cc(C)n(-c4ccccc4)c3C)SC2=S)cc1. The summed E-state index contributed by atoms with van der Waals surface area (Å²) in [6, 6.07) is 19.6. The molecule has 0 saturated carbocycles. The lowest BCUT2D eigenvalue weighted by Crippen LogP contribution is -2.27. The van der Waals surface area contributed by atoms with Crippen LogP contribution in [-0.4, -0.2) is 21.9 Å². The summed E-state index contributed by atoms with van der Waals surface area (Å²) < 4.78 is 7.91. The van der Waals surface area contributed by atoms with Crippen LogP contribution in [0.5, 0.6) is 5.75 Å². The molecule has 29 heavy (non-hydrogen) atoms. The molecule has 3 aromatic rings. The van der Waals surface area contributed by atoms with Crippen molar-refractivity contribution < 1.29 is 9.53 Å². The van der Waals surface area contributed by atoms with Crippen LogP contribution < -0.4 is 9.64 Å². The van der Waals surface area contributed by atoms with Crippen molar-refractivity contribution >= 4 is 46.0 Å². The van der Waals surface area contributed by atoms with E-state index in [0.717, 1.165) is 34.1 Å². The smallest absolute Gasteiger partial charge is 0.270 e. The molecule has 0 N–H and O–H groups in total. The molecule has 0 aliphatic carbocycles. The molecule has 1 aromatic heterocycles. The largest absolute Gasteiger partial charge is 0.497 e. The zero-order chi connectivity index (χ0) is 20.5. The highest BCUT2D eigenvalue weighted by Gasteiger charge is 2.33. The summed E-state index contributed by atoms with van der Waals surface area (Å²) in [5, 5.41) is 0. The van der Waals surface area contributed by atoms with Crippen LogP contribution in [0, 0.1) is 13.8 Å². The second-order valence-corrected chi connectivity index (χ2v) is 8.39. The summed E-state index contributed by atoms with van der Waals surface area (Å²) in [6.07, 6.45) is 1.94. The van der Waals surface area contributed by atoms with Gasteiger partial charge in [0.25, 0.3) is 5.91 Å². The topological polar surface area (TPSA) is 34.5 Å². The number of rotatable bonds is 4. The van der Waals surface area contributed by atoms with E-state index >= 15 is 0 Å². The number of ether oxygens (including phenoxy) is 1. The lowest BCUT2D eigenvalue weighted by Gasteiger charge is -2.14. The van der Waals surface area contributed by atoms with E-state index in [9.17, 15) is 4.79 Å². The van der Waals surface area contributed by atoms with Crippen molar-refractivity contribution in [2.75, 3.05) is 12.0 Å². The van der Waals surface area contributed by atoms with Gasteiger partial charge in [-0.2, -0.15) is 0 Å². The van der Waals surface area contributed by atoms with E-state index < -0.39 is 0 Å². The first-order chi connectivity index (χ1) is 14.0. The maximum absolute atomic E-state index is 13.1. The molecule has 4 rings (SSSR count). The molecule has 2 heterocycles. The summed E-state index contributed by atoms with van der Waals surface area (Å²) in [5.41, 5.74) is 5.06. The van der Waals surface area contributed by atoms with Crippen LogP contribution in [0.25, 0.3) is 11.8 Å². The van der Waals surface area contributed by atoms with Gasteiger partial charge in [0.2, 0.25) is 0 Å². The Bertz CT molecular complexity index is 1120. The van der Waals surface area contributed by atoms with Gasteiger partial charge in [0.1, 0.15) is 5.75 Å². The average molecular weight is 421 g/mol. The third kappa shape index (κ3) is 3.61. The molecule has 1 aliphatic heterocycles. The van der Waals surface area contributed by atoms with Gasteiger partial charge in [-0.05, 0) is 68.0 Å². The minimum absolute atomic E-state index is 0.102. The number of aromatic nitrogens is 1. The molecule has 1 fully saturated rings. The third-order valence-corrected chi connectivity index (χ3v) is 6.20.